The molecule has 1 aromatic rings. The van der Waals surface area contributed by atoms with Crippen LogP contribution >= 0.6 is 0 Å². The lowest BCUT2D eigenvalue weighted by Crippen LogP contribution is -2.55. The van der Waals surface area contributed by atoms with Gasteiger partial charge in [0.1, 0.15) is 0 Å². The van der Waals surface area contributed by atoms with E-state index in [-0.39, 0.29) is 0 Å². The average molecular weight is 288 g/mol. The molecule has 116 valence electrons. The van der Waals surface area contributed by atoms with Gasteiger partial charge in [-0.1, -0.05) is 20.3 Å². The first kappa shape index (κ1) is 14.8. The second-order valence-corrected chi connectivity index (χ2v) is 6.67. The van der Waals surface area contributed by atoms with Crippen LogP contribution in [-0.4, -0.2) is 48.1 Å². The molecular formula is C17H28N4. The van der Waals surface area contributed by atoms with Crippen molar-refractivity contribution in [3.8, 4) is 0 Å². The van der Waals surface area contributed by atoms with Crippen LogP contribution in [0.15, 0.2) is 18.5 Å². The molecule has 0 aromatic carbocycles. The van der Waals surface area contributed by atoms with Gasteiger partial charge in [-0.25, -0.2) is 0 Å². The fourth-order valence-corrected chi connectivity index (χ4v) is 3.55. The molecule has 1 aromatic heterocycles. The van der Waals surface area contributed by atoms with E-state index in [1.54, 1.807) is 0 Å². The summed E-state index contributed by atoms with van der Waals surface area (Å²) in [4.78, 5) is 9.59. The van der Waals surface area contributed by atoms with Crippen LogP contribution in [0.25, 0.3) is 0 Å². The number of fused-ring (bicyclic) bond motifs is 1. The molecule has 4 heteroatoms. The zero-order chi connectivity index (χ0) is 14.7. The molecule has 3 heterocycles. The first-order chi connectivity index (χ1) is 10.2. The van der Waals surface area contributed by atoms with Crippen molar-refractivity contribution in [1.29, 1.82) is 0 Å². The summed E-state index contributed by atoms with van der Waals surface area (Å²) in [7, 11) is 0. The Morgan fingerprint density at radius 1 is 1.29 bits per heavy atom. The van der Waals surface area contributed by atoms with Gasteiger partial charge in [0.2, 0.25) is 0 Å². The van der Waals surface area contributed by atoms with Gasteiger partial charge >= 0.3 is 0 Å². The Morgan fingerprint density at radius 2 is 2.19 bits per heavy atom. The Balaban J connectivity index is 1.71. The van der Waals surface area contributed by atoms with Gasteiger partial charge < -0.3 is 10.2 Å². The Morgan fingerprint density at radius 3 is 3.05 bits per heavy atom. The van der Waals surface area contributed by atoms with Gasteiger partial charge in [-0.2, -0.15) is 0 Å². The summed E-state index contributed by atoms with van der Waals surface area (Å²) in [6.45, 7) is 10.1. The summed E-state index contributed by atoms with van der Waals surface area (Å²) in [6, 6.07) is 3.45. The maximum atomic E-state index is 4.32. The maximum Gasteiger partial charge on any atom is 0.0443 e. The highest BCUT2D eigenvalue weighted by molar-refractivity contribution is 5.53. The van der Waals surface area contributed by atoms with Crippen LogP contribution in [0.4, 0.5) is 5.69 Å². The van der Waals surface area contributed by atoms with Crippen molar-refractivity contribution in [2.45, 2.75) is 51.7 Å². The van der Waals surface area contributed by atoms with E-state index in [1.165, 1.54) is 50.1 Å². The van der Waals surface area contributed by atoms with Gasteiger partial charge in [0.25, 0.3) is 0 Å². The highest BCUT2D eigenvalue weighted by Crippen LogP contribution is 2.26. The number of piperidine rings is 1. The SMILES string of the molecule is CC(C)NCc1cnccc1N1CCN2CCCCC2C1. The van der Waals surface area contributed by atoms with Crippen molar-refractivity contribution in [1.82, 2.24) is 15.2 Å². The van der Waals surface area contributed by atoms with E-state index < -0.39 is 0 Å². The molecule has 0 saturated carbocycles. The summed E-state index contributed by atoms with van der Waals surface area (Å²) in [5, 5.41) is 3.52. The monoisotopic (exact) mass is 288 g/mol. The number of nitrogens with zero attached hydrogens (tertiary/aromatic N) is 3. The highest BCUT2D eigenvalue weighted by atomic mass is 15.3. The molecule has 0 spiro atoms. The Labute approximate surface area is 128 Å². The second-order valence-electron chi connectivity index (χ2n) is 6.67. The van der Waals surface area contributed by atoms with E-state index in [4.69, 9.17) is 0 Å². The maximum absolute atomic E-state index is 4.32. The van der Waals surface area contributed by atoms with E-state index in [0.29, 0.717) is 6.04 Å². The fraction of sp³-hybridized carbons (Fsp3) is 0.706. The summed E-state index contributed by atoms with van der Waals surface area (Å²) < 4.78 is 0. The van der Waals surface area contributed by atoms with Crippen molar-refractivity contribution < 1.29 is 0 Å². The lowest BCUT2D eigenvalue weighted by atomic mass is 9.99. The van der Waals surface area contributed by atoms with E-state index in [0.717, 1.165) is 19.1 Å². The lowest BCUT2D eigenvalue weighted by molar-refractivity contribution is 0.133. The van der Waals surface area contributed by atoms with Gasteiger partial charge in [0.15, 0.2) is 0 Å². The predicted molar refractivity (Wildman–Crippen MR) is 87.6 cm³/mol. The third kappa shape index (κ3) is 3.55. The molecule has 0 amide bonds. The van der Waals surface area contributed by atoms with E-state index in [9.17, 15) is 0 Å². The summed E-state index contributed by atoms with van der Waals surface area (Å²) in [5.74, 6) is 0. The quantitative estimate of drug-likeness (QED) is 0.921. The predicted octanol–water partition coefficient (Wildman–Crippen LogP) is 2.25. The summed E-state index contributed by atoms with van der Waals surface area (Å²) >= 11 is 0. The molecule has 1 N–H and O–H groups in total. The van der Waals surface area contributed by atoms with Crippen molar-refractivity contribution in [3.63, 3.8) is 0 Å². The third-order valence-corrected chi connectivity index (χ3v) is 4.76. The normalized spacial score (nSPS) is 23.4. The fourth-order valence-electron chi connectivity index (χ4n) is 3.55. The zero-order valence-electron chi connectivity index (χ0n) is 13.4. The van der Waals surface area contributed by atoms with Crippen LogP contribution in [0.1, 0.15) is 38.7 Å². The summed E-state index contributed by atoms with van der Waals surface area (Å²) in [5.41, 5.74) is 2.71. The van der Waals surface area contributed by atoms with Crippen LogP contribution in [0.5, 0.6) is 0 Å². The van der Waals surface area contributed by atoms with Crippen LogP contribution in [0, 0.1) is 0 Å². The van der Waals surface area contributed by atoms with Crippen molar-refractivity contribution >= 4 is 5.69 Å². The average Bonchev–Trinajstić information content (AvgIpc) is 2.52. The molecule has 1 unspecified atom stereocenters. The zero-order valence-corrected chi connectivity index (χ0v) is 13.4. The molecule has 2 aliphatic heterocycles. The van der Waals surface area contributed by atoms with E-state index in [1.807, 2.05) is 12.4 Å². The molecule has 2 fully saturated rings. The second kappa shape index (κ2) is 6.75. The minimum Gasteiger partial charge on any atom is -0.368 e. The first-order valence-electron chi connectivity index (χ1n) is 8.39. The first-order valence-corrected chi connectivity index (χ1v) is 8.39. The Hall–Kier alpha value is -1.13. The van der Waals surface area contributed by atoms with Crippen LogP contribution in [0.2, 0.25) is 0 Å². The minimum absolute atomic E-state index is 0.508. The number of hydrogen-bond acceptors (Lipinski definition) is 4. The number of pyridine rings is 1. The number of aromatic nitrogens is 1. The number of anilines is 1. The molecule has 2 aliphatic rings. The molecule has 0 aliphatic carbocycles. The van der Waals surface area contributed by atoms with Crippen molar-refractivity contribution in [3.05, 3.63) is 24.0 Å². The molecule has 2 saturated heterocycles. The lowest BCUT2D eigenvalue weighted by Gasteiger charge is -2.45. The largest absolute Gasteiger partial charge is 0.368 e. The number of rotatable bonds is 4. The molecule has 4 nitrogen and oxygen atoms in total. The molecule has 1 atom stereocenters. The standard InChI is InChI=1S/C17H28N4/c1-14(2)19-12-15-11-18-7-6-17(15)21-10-9-20-8-4-3-5-16(20)13-21/h6-7,11,14,16,19H,3-5,8-10,12-13H2,1-2H3. The van der Waals surface area contributed by atoms with Gasteiger partial charge in [-0.3, -0.25) is 9.88 Å². The number of hydrogen-bond donors (Lipinski definition) is 1. The molecule has 0 bridgehead atoms. The molecular weight excluding hydrogens is 260 g/mol. The number of nitrogens with one attached hydrogen (secondary N) is 1. The van der Waals surface area contributed by atoms with E-state index in [2.05, 4.69) is 40.0 Å². The smallest absolute Gasteiger partial charge is 0.0443 e. The molecule has 3 rings (SSSR count). The minimum atomic E-state index is 0.508. The third-order valence-electron chi connectivity index (χ3n) is 4.76. The molecule has 21 heavy (non-hydrogen) atoms. The van der Waals surface area contributed by atoms with E-state index >= 15 is 0 Å². The highest BCUT2D eigenvalue weighted by Gasteiger charge is 2.29. The molecule has 0 radical (unpaired) electrons. The van der Waals surface area contributed by atoms with Gasteiger partial charge in [0.05, 0.1) is 0 Å². The van der Waals surface area contributed by atoms with Crippen LogP contribution in [0.3, 0.4) is 0 Å². The Bertz CT molecular complexity index is 460. The van der Waals surface area contributed by atoms with Gasteiger partial charge in [-0.05, 0) is 25.5 Å². The summed E-state index contributed by atoms with van der Waals surface area (Å²) in [6.07, 6.45) is 8.10. The van der Waals surface area contributed by atoms with Crippen LogP contribution < -0.4 is 10.2 Å². The van der Waals surface area contributed by atoms with Gasteiger partial charge in [0, 0.05) is 61.9 Å². The van der Waals surface area contributed by atoms with Crippen molar-refractivity contribution in [2.24, 2.45) is 0 Å². The Kier molecular flexibility index (Phi) is 4.76. The topological polar surface area (TPSA) is 31.4 Å². The van der Waals surface area contributed by atoms with Crippen molar-refractivity contribution in [2.75, 3.05) is 31.1 Å². The van der Waals surface area contributed by atoms with Gasteiger partial charge in [-0.15, -0.1) is 0 Å². The number of piperazine rings is 1. The van der Waals surface area contributed by atoms with Crippen LogP contribution in [-0.2, 0) is 6.54 Å².